The molecule has 0 amide bonds. The molecule has 3 aliphatic heterocycles. The standard InChI is InChI=1S/C26H28N6O/c1-17-14-31(23-6-4-18(13-27)26-21(23)3-2-10-29-26)16-24-20-5-7-25(30-22(20)15-32(17)24)33-19-8-11-28-12-9-19/h2-7,10,17,19,24,28H,8-9,11-12,14-16H2,1H3/t17-,24-/m1/s1/i10D. The van der Waals surface area contributed by atoms with Crippen LogP contribution in [0.25, 0.3) is 10.9 Å². The lowest BCUT2D eigenvalue weighted by Crippen LogP contribution is -2.51. The van der Waals surface area contributed by atoms with Gasteiger partial charge in [0, 0.05) is 49.0 Å². The van der Waals surface area contributed by atoms with E-state index in [1.807, 2.05) is 24.3 Å². The van der Waals surface area contributed by atoms with Crippen molar-refractivity contribution in [2.24, 2.45) is 0 Å². The minimum Gasteiger partial charge on any atom is -0.474 e. The zero-order chi connectivity index (χ0) is 23.2. The quantitative estimate of drug-likeness (QED) is 0.667. The Balaban J connectivity index is 1.29. The van der Waals surface area contributed by atoms with Crippen LogP contribution in [-0.2, 0) is 6.54 Å². The van der Waals surface area contributed by atoms with E-state index in [0.29, 0.717) is 17.1 Å². The zero-order valence-electron chi connectivity index (χ0n) is 19.8. The van der Waals surface area contributed by atoms with Crippen molar-refractivity contribution in [3.63, 3.8) is 0 Å². The van der Waals surface area contributed by atoms with E-state index in [2.05, 4.69) is 39.2 Å². The average Bonchev–Trinajstić information content (AvgIpc) is 3.22. The maximum absolute atomic E-state index is 9.54. The molecule has 5 heterocycles. The molecule has 0 bridgehead atoms. The zero-order valence-corrected chi connectivity index (χ0v) is 18.8. The third kappa shape index (κ3) is 3.60. The number of anilines is 1. The highest BCUT2D eigenvalue weighted by Gasteiger charge is 2.40. The lowest BCUT2D eigenvalue weighted by molar-refractivity contribution is 0.133. The number of fused-ring (bicyclic) bond motifs is 4. The molecule has 2 atom stereocenters. The van der Waals surface area contributed by atoms with Crippen molar-refractivity contribution in [1.82, 2.24) is 20.2 Å². The van der Waals surface area contributed by atoms with Gasteiger partial charge < -0.3 is 15.0 Å². The Morgan fingerprint density at radius 3 is 2.91 bits per heavy atom. The number of hydrogen-bond donors (Lipinski definition) is 1. The maximum Gasteiger partial charge on any atom is 0.213 e. The fourth-order valence-corrected chi connectivity index (χ4v) is 5.57. The Kier molecular flexibility index (Phi) is 4.84. The van der Waals surface area contributed by atoms with Crippen molar-refractivity contribution in [2.45, 2.75) is 44.5 Å². The summed E-state index contributed by atoms with van der Waals surface area (Å²) in [5.41, 5.74) is 4.58. The first kappa shape index (κ1) is 19.3. The number of piperazine rings is 1. The maximum atomic E-state index is 9.54. The lowest BCUT2D eigenvalue weighted by atomic mass is 10.0. The fraction of sp³-hybridized carbons (Fsp3) is 0.423. The Morgan fingerprint density at radius 1 is 1.18 bits per heavy atom. The average molecular weight is 442 g/mol. The van der Waals surface area contributed by atoms with Crippen molar-refractivity contribution < 1.29 is 6.11 Å². The number of pyridine rings is 2. The topological polar surface area (TPSA) is 77.3 Å². The van der Waals surface area contributed by atoms with E-state index >= 15 is 0 Å². The van der Waals surface area contributed by atoms with Crippen LogP contribution in [0.5, 0.6) is 5.88 Å². The molecule has 1 N–H and O–H groups in total. The van der Waals surface area contributed by atoms with E-state index in [9.17, 15) is 5.26 Å². The molecular formula is C26H28N6O. The largest absolute Gasteiger partial charge is 0.474 e. The van der Waals surface area contributed by atoms with Crippen LogP contribution in [0.1, 0.15) is 44.0 Å². The minimum absolute atomic E-state index is 0.178. The van der Waals surface area contributed by atoms with Gasteiger partial charge in [0.1, 0.15) is 12.2 Å². The molecule has 3 aromatic rings. The van der Waals surface area contributed by atoms with Crippen LogP contribution in [0.4, 0.5) is 5.69 Å². The van der Waals surface area contributed by atoms with Gasteiger partial charge in [0.05, 0.1) is 24.2 Å². The van der Waals surface area contributed by atoms with E-state index in [1.165, 1.54) is 5.56 Å². The van der Waals surface area contributed by atoms with E-state index < -0.39 is 0 Å². The van der Waals surface area contributed by atoms with E-state index in [4.69, 9.17) is 11.1 Å². The summed E-state index contributed by atoms with van der Waals surface area (Å²) in [6.07, 6.45) is 2.47. The van der Waals surface area contributed by atoms with Gasteiger partial charge in [0.2, 0.25) is 5.88 Å². The molecule has 7 nitrogen and oxygen atoms in total. The molecule has 1 aromatic carbocycles. The number of nitrogens with zero attached hydrogens (tertiary/aromatic N) is 5. The normalized spacial score (nSPS) is 23.6. The molecule has 0 saturated carbocycles. The van der Waals surface area contributed by atoms with Crippen LogP contribution in [-0.4, -0.2) is 53.2 Å². The summed E-state index contributed by atoms with van der Waals surface area (Å²) in [5, 5.41) is 13.8. The molecular weight excluding hydrogens is 412 g/mol. The van der Waals surface area contributed by atoms with Crippen molar-refractivity contribution in [3.05, 3.63) is 59.4 Å². The molecule has 2 saturated heterocycles. The van der Waals surface area contributed by atoms with Crippen LogP contribution in [0.2, 0.25) is 0 Å². The first-order valence-corrected chi connectivity index (χ1v) is 11.8. The second-order valence-corrected chi connectivity index (χ2v) is 9.28. The Hall–Kier alpha value is -3.21. The van der Waals surface area contributed by atoms with Gasteiger partial charge in [0.15, 0.2) is 0 Å². The number of aromatic nitrogens is 2. The monoisotopic (exact) mass is 441 g/mol. The van der Waals surface area contributed by atoms with Gasteiger partial charge in [-0.2, -0.15) is 5.26 Å². The van der Waals surface area contributed by atoms with Gasteiger partial charge in [-0.15, -0.1) is 0 Å². The van der Waals surface area contributed by atoms with Gasteiger partial charge in [-0.1, -0.05) is 6.07 Å². The third-order valence-electron chi connectivity index (χ3n) is 7.25. The summed E-state index contributed by atoms with van der Waals surface area (Å²) in [6, 6.07) is 14.5. The van der Waals surface area contributed by atoms with Crippen LogP contribution >= 0.6 is 0 Å². The summed E-state index contributed by atoms with van der Waals surface area (Å²) in [6.45, 7) is 6.84. The molecule has 0 radical (unpaired) electrons. The molecule has 0 spiro atoms. The summed E-state index contributed by atoms with van der Waals surface area (Å²) >= 11 is 0. The van der Waals surface area contributed by atoms with Gasteiger partial charge in [-0.25, -0.2) is 4.98 Å². The van der Waals surface area contributed by atoms with Crippen LogP contribution < -0.4 is 15.0 Å². The van der Waals surface area contributed by atoms with Crippen molar-refractivity contribution in [3.8, 4) is 11.9 Å². The summed E-state index contributed by atoms with van der Waals surface area (Å²) in [7, 11) is 0. The van der Waals surface area contributed by atoms with Gasteiger partial charge >= 0.3 is 0 Å². The number of nitriles is 1. The first-order valence-electron chi connectivity index (χ1n) is 12.3. The Labute approximate surface area is 195 Å². The summed E-state index contributed by atoms with van der Waals surface area (Å²) < 4.78 is 14.1. The SMILES string of the molecule is [2H]c1ccc2c(N3C[C@@H](C)N4Cc5nc(OC6CCNCC6)ccc5[C@H]4C3)ccc(C#N)c2n1. The Morgan fingerprint density at radius 2 is 2.06 bits per heavy atom. The molecule has 2 fully saturated rings. The molecule has 168 valence electrons. The molecule has 2 aromatic heterocycles. The van der Waals surface area contributed by atoms with E-state index in [1.54, 1.807) is 6.07 Å². The summed E-state index contributed by atoms with van der Waals surface area (Å²) in [4.78, 5) is 14.2. The van der Waals surface area contributed by atoms with E-state index in [-0.39, 0.29) is 18.3 Å². The fourth-order valence-electron chi connectivity index (χ4n) is 5.57. The molecule has 0 aliphatic carbocycles. The number of hydrogen-bond acceptors (Lipinski definition) is 7. The third-order valence-corrected chi connectivity index (χ3v) is 7.25. The van der Waals surface area contributed by atoms with Gasteiger partial charge in [-0.05, 0) is 62.7 Å². The molecule has 7 heteroatoms. The molecule has 3 aliphatic rings. The minimum atomic E-state index is 0.178. The van der Waals surface area contributed by atoms with Crippen molar-refractivity contribution >= 4 is 16.6 Å². The highest BCUT2D eigenvalue weighted by Crippen LogP contribution is 2.41. The number of nitrogens with one attached hydrogen (secondary N) is 1. The van der Waals surface area contributed by atoms with Crippen LogP contribution in [0, 0.1) is 11.3 Å². The highest BCUT2D eigenvalue weighted by molar-refractivity contribution is 5.95. The number of ether oxygens (including phenoxy) is 1. The molecule has 0 unspecified atom stereocenters. The first-order chi connectivity index (χ1) is 16.6. The Bertz CT molecular complexity index is 1280. The van der Waals surface area contributed by atoms with Crippen LogP contribution in [0.15, 0.2) is 42.6 Å². The van der Waals surface area contributed by atoms with Crippen molar-refractivity contribution in [2.75, 3.05) is 31.1 Å². The summed E-state index contributed by atoms with van der Waals surface area (Å²) in [5.74, 6) is 0.741. The van der Waals surface area contributed by atoms with E-state index in [0.717, 1.165) is 68.2 Å². The molecule has 6 rings (SSSR count). The highest BCUT2D eigenvalue weighted by atomic mass is 16.5. The van der Waals surface area contributed by atoms with Crippen molar-refractivity contribution in [1.29, 1.82) is 5.26 Å². The predicted molar refractivity (Wildman–Crippen MR) is 127 cm³/mol. The predicted octanol–water partition coefficient (Wildman–Crippen LogP) is 3.40. The second kappa shape index (κ2) is 8.29. The van der Waals surface area contributed by atoms with Gasteiger partial charge in [-0.3, -0.25) is 9.88 Å². The van der Waals surface area contributed by atoms with Crippen LogP contribution in [0.3, 0.4) is 0 Å². The number of piperidine rings is 1. The molecule has 33 heavy (non-hydrogen) atoms. The lowest BCUT2D eigenvalue weighted by Gasteiger charge is -2.43. The smallest absolute Gasteiger partial charge is 0.213 e. The van der Waals surface area contributed by atoms with Gasteiger partial charge in [0.25, 0.3) is 0 Å². The number of benzene rings is 1. The second-order valence-electron chi connectivity index (χ2n) is 9.28. The number of rotatable bonds is 3.